The third kappa shape index (κ3) is 3.65. The molecular weight excluding hydrogens is 302 g/mol. The van der Waals surface area contributed by atoms with E-state index in [0.717, 1.165) is 6.42 Å². The number of aliphatic imine (C=N–C) groups is 1. The molecule has 1 aromatic rings. The van der Waals surface area contributed by atoms with Crippen molar-refractivity contribution >= 4 is 21.8 Å². The molecule has 0 saturated carbocycles. The zero-order chi connectivity index (χ0) is 16.3. The molecule has 1 amide bonds. The van der Waals surface area contributed by atoms with Crippen molar-refractivity contribution in [3.8, 4) is 0 Å². The lowest BCUT2D eigenvalue weighted by molar-refractivity contribution is -0.121. The number of amides is 1. The largest absolute Gasteiger partial charge is 0.354 e. The van der Waals surface area contributed by atoms with E-state index in [1.54, 1.807) is 25.1 Å². The predicted octanol–water partition coefficient (Wildman–Crippen LogP) is 1.28. The fourth-order valence-corrected chi connectivity index (χ4v) is 3.35. The van der Waals surface area contributed by atoms with E-state index in [-0.39, 0.29) is 16.6 Å². The molecule has 0 spiro atoms. The average Bonchev–Trinajstić information content (AvgIpc) is 2.70. The van der Waals surface area contributed by atoms with Gasteiger partial charge in [0.15, 0.2) is 0 Å². The summed E-state index contributed by atoms with van der Waals surface area (Å²) in [6.45, 7) is 6.40. The minimum Gasteiger partial charge on any atom is -0.354 e. The first kappa shape index (κ1) is 16.5. The Hall–Kier alpha value is -1.89. The van der Waals surface area contributed by atoms with Gasteiger partial charge in [0.25, 0.3) is 10.0 Å². The zero-order valence-electron chi connectivity index (χ0n) is 13.0. The number of carbonyl (C=O) groups excluding carboxylic acids is 1. The maximum atomic E-state index is 12.0. The van der Waals surface area contributed by atoms with Crippen LogP contribution in [0.5, 0.6) is 0 Å². The summed E-state index contributed by atoms with van der Waals surface area (Å²) in [4.78, 5) is 16.4. The van der Waals surface area contributed by atoms with E-state index < -0.39 is 16.1 Å². The van der Waals surface area contributed by atoms with Gasteiger partial charge in [-0.05, 0) is 31.4 Å². The first-order valence-corrected chi connectivity index (χ1v) is 8.77. The van der Waals surface area contributed by atoms with Gasteiger partial charge in [0.05, 0.1) is 4.90 Å². The molecule has 0 unspecified atom stereocenters. The van der Waals surface area contributed by atoms with Crippen LogP contribution in [-0.2, 0) is 14.8 Å². The molecule has 1 aromatic carbocycles. The number of carbonyl (C=O) groups is 1. The van der Waals surface area contributed by atoms with Crippen LogP contribution in [0, 0.1) is 5.92 Å². The van der Waals surface area contributed by atoms with E-state index in [1.165, 1.54) is 6.07 Å². The Kier molecular flexibility index (Phi) is 4.85. The smallest absolute Gasteiger partial charge is 0.263 e. The SMILES string of the molecule is CC(C)CCNC(=O)[C@H](C)N=C1NS(=O)(=O)c2ccccc21. The number of hydrogen-bond acceptors (Lipinski definition) is 4. The molecule has 2 rings (SSSR count). The average molecular weight is 323 g/mol. The third-order valence-corrected chi connectivity index (χ3v) is 4.78. The van der Waals surface area contributed by atoms with Crippen LogP contribution in [0.25, 0.3) is 0 Å². The van der Waals surface area contributed by atoms with Crippen LogP contribution in [0.3, 0.4) is 0 Å². The van der Waals surface area contributed by atoms with Gasteiger partial charge in [-0.1, -0.05) is 26.0 Å². The highest BCUT2D eigenvalue weighted by Crippen LogP contribution is 2.22. The van der Waals surface area contributed by atoms with Crippen molar-refractivity contribution in [2.75, 3.05) is 6.54 Å². The molecule has 22 heavy (non-hydrogen) atoms. The molecule has 1 heterocycles. The molecule has 6 nitrogen and oxygen atoms in total. The number of rotatable bonds is 5. The fraction of sp³-hybridized carbons (Fsp3) is 0.467. The molecule has 0 radical (unpaired) electrons. The first-order chi connectivity index (χ1) is 10.3. The summed E-state index contributed by atoms with van der Waals surface area (Å²) in [6.07, 6.45) is 0.893. The molecule has 0 fully saturated rings. The molecule has 1 aliphatic heterocycles. The standard InChI is InChI=1S/C15H21N3O3S/c1-10(2)8-9-16-15(19)11(3)17-14-12-6-4-5-7-13(12)22(20,21)18-14/h4-7,10-11H,8-9H2,1-3H3,(H,16,19)(H,17,18)/t11-/m0/s1. The van der Waals surface area contributed by atoms with Gasteiger partial charge in [0.2, 0.25) is 5.91 Å². The Morgan fingerprint density at radius 1 is 1.27 bits per heavy atom. The molecule has 2 N–H and O–H groups in total. The van der Waals surface area contributed by atoms with Crippen molar-refractivity contribution in [2.24, 2.45) is 10.9 Å². The lowest BCUT2D eigenvalue weighted by Gasteiger charge is -2.10. The Morgan fingerprint density at radius 3 is 2.64 bits per heavy atom. The second-order valence-corrected chi connectivity index (χ2v) is 7.38. The second kappa shape index (κ2) is 6.48. The van der Waals surface area contributed by atoms with Crippen molar-refractivity contribution in [1.82, 2.24) is 10.0 Å². The number of nitrogens with zero attached hydrogens (tertiary/aromatic N) is 1. The van der Waals surface area contributed by atoms with E-state index in [2.05, 4.69) is 28.9 Å². The minimum atomic E-state index is -3.57. The molecule has 1 aliphatic rings. The summed E-state index contributed by atoms with van der Waals surface area (Å²) in [5.41, 5.74) is 0.504. The zero-order valence-corrected chi connectivity index (χ0v) is 13.8. The summed E-state index contributed by atoms with van der Waals surface area (Å²) in [6, 6.07) is 5.94. The van der Waals surface area contributed by atoms with Crippen molar-refractivity contribution < 1.29 is 13.2 Å². The van der Waals surface area contributed by atoms with Gasteiger partial charge in [-0.15, -0.1) is 0 Å². The summed E-state index contributed by atoms with van der Waals surface area (Å²) in [5, 5.41) is 2.81. The Bertz CT molecular complexity index is 696. The highest BCUT2D eigenvalue weighted by molar-refractivity contribution is 7.90. The number of hydrogen-bond donors (Lipinski definition) is 2. The van der Waals surface area contributed by atoms with Crippen LogP contribution in [0.15, 0.2) is 34.2 Å². The highest BCUT2D eigenvalue weighted by Gasteiger charge is 2.31. The van der Waals surface area contributed by atoms with Crippen LogP contribution >= 0.6 is 0 Å². The summed E-state index contributed by atoms with van der Waals surface area (Å²) in [7, 11) is -3.57. The maximum absolute atomic E-state index is 12.0. The topological polar surface area (TPSA) is 87.6 Å². The van der Waals surface area contributed by atoms with Gasteiger partial charge in [0.1, 0.15) is 11.9 Å². The highest BCUT2D eigenvalue weighted by atomic mass is 32.2. The molecule has 0 aliphatic carbocycles. The Morgan fingerprint density at radius 2 is 1.95 bits per heavy atom. The van der Waals surface area contributed by atoms with Crippen LogP contribution in [-0.4, -0.2) is 32.7 Å². The minimum absolute atomic E-state index is 0.196. The molecule has 7 heteroatoms. The van der Waals surface area contributed by atoms with Crippen LogP contribution in [0.4, 0.5) is 0 Å². The lowest BCUT2D eigenvalue weighted by Crippen LogP contribution is -2.34. The van der Waals surface area contributed by atoms with Crippen molar-refractivity contribution in [3.63, 3.8) is 0 Å². The molecule has 0 bridgehead atoms. The molecule has 0 saturated heterocycles. The van der Waals surface area contributed by atoms with Crippen molar-refractivity contribution in [1.29, 1.82) is 0 Å². The quantitative estimate of drug-likeness (QED) is 0.855. The summed E-state index contributed by atoms with van der Waals surface area (Å²) < 4.78 is 26.3. The monoisotopic (exact) mass is 323 g/mol. The van der Waals surface area contributed by atoms with E-state index in [4.69, 9.17) is 0 Å². The number of fused-ring (bicyclic) bond motifs is 1. The predicted molar refractivity (Wildman–Crippen MR) is 85.2 cm³/mol. The number of nitrogens with one attached hydrogen (secondary N) is 2. The van der Waals surface area contributed by atoms with E-state index in [0.29, 0.717) is 18.0 Å². The van der Waals surface area contributed by atoms with Crippen LogP contribution < -0.4 is 10.0 Å². The molecule has 0 aromatic heterocycles. The first-order valence-electron chi connectivity index (χ1n) is 7.29. The lowest BCUT2D eigenvalue weighted by atomic mass is 10.1. The number of amidine groups is 1. The molecule has 1 atom stereocenters. The summed E-state index contributed by atoms with van der Waals surface area (Å²) in [5.74, 6) is 0.522. The van der Waals surface area contributed by atoms with Gasteiger partial charge < -0.3 is 5.32 Å². The molecule has 120 valence electrons. The van der Waals surface area contributed by atoms with Gasteiger partial charge in [-0.25, -0.2) is 8.42 Å². The fourth-order valence-electron chi connectivity index (χ4n) is 2.11. The normalized spacial score (nSPS) is 18.8. The van der Waals surface area contributed by atoms with Gasteiger partial charge >= 0.3 is 0 Å². The Balaban J connectivity index is 2.12. The van der Waals surface area contributed by atoms with Crippen LogP contribution in [0.2, 0.25) is 0 Å². The van der Waals surface area contributed by atoms with Gasteiger partial charge in [0, 0.05) is 12.1 Å². The van der Waals surface area contributed by atoms with Crippen molar-refractivity contribution in [3.05, 3.63) is 29.8 Å². The van der Waals surface area contributed by atoms with E-state index >= 15 is 0 Å². The molecular formula is C15H21N3O3S. The maximum Gasteiger partial charge on any atom is 0.263 e. The van der Waals surface area contributed by atoms with Gasteiger partial charge in [-0.2, -0.15) is 0 Å². The Labute approximate surface area is 131 Å². The van der Waals surface area contributed by atoms with Gasteiger partial charge in [-0.3, -0.25) is 14.5 Å². The number of sulfonamides is 1. The van der Waals surface area contributed by atoms with E-state index in [9.17, 15) is 13.2 Å². The number of benzene rings is 1. The summed E-state index contributed by atoms with van der Waals surface area (Å²) >= 11 is 0. The van der Waals surface area contributed by atoms with E-state index in [1.807, 2.05) is 0 Å². The second-order valence-electron chi connectivity index (χ2n) is 5.73. The van der Waals surface area contributed by atoms with Crippen molar-refractivity contribution in [2.45, 2.75) is 38.1 Å². The van der Waals surface area contributed by atoms with Crippen LogP contribution in [0.1, 0.15) is 32.8 Å². The third-order valence-electron chi connectivity index (χ3n) is 3.39.